The van der Waals surface area contributed by atoms with Gasteiger partial charge in [-0.25, -0.2) is 0 Å². The van der Waals surface area contributed by atoms with Crippen LogP contribution >= 0.6 is 0 Å². The smallest absolute Gasteiger partial charge is 0.0278 e. The molecule has 2 unspecified atom stereocenters. The number of hydrogen-bond donors (Lipinski definition) is 1. The van der Waals surface area contributed by atoms with Crippen molar-refractivity contribution < 1.29 is 0 Å². The van der Waals surface area contributed by atoms with Crippen molar-refractivity contribution in [1.82, 2.24) is 10.2 Å². The molecule has 0 bridgehead atoms. The second-order valence-electron chi connectivity index (χ2n) is 6.86. The third-order valence-electron chi connectivity index (χ3n) is 4.91. The van der Waals surface area contributed by atoms with Gasteiger partial charge < -0.3 is 5.32 Å². The number of nitrogens with zero attached hydrogens (tertiary/aromatic N) is 1. The molecule has 0 radical (unpaired) electrons. The number of rotatable bonds is 5. The number of piperazine rings is 1. The minimum absolute atomic E-state index is 0.346. The van der Waals surface area contributed by atoms with Crippen molar-refractivity contribution in [3.8, 4) is 0 Å². The van der Waals surface area contributed by atoms with Crippen molar-refractivity contribution >= 4 is 0 Å². The lowest BCUT2D eigenvalue weighted by atomic mass is 9.90. The topological polar surface area (TPSA) is 15.3 Å². The van der Waals surface area contributed by atoms with Gasteiger partial charge in [0.25, 0.3) is 0 Å². The van der Waals surface area contributed by atoms with Crippen LogP contribution in [0.25, 0.3) is 0 Å². The zero-order chi connectivity index (χ0) is 12.5. The van der Waals surface area contributed by atoms with Crippen LogP contribution in [0.15, 0.2) is 0 Å². The summed E-state index contributed by atoms with van der Waals surface area (Å²) in [5.41, 5.74) is 0.346. The Morgan fingerprint density at radius 3 is 2.65 bits per heavy atom. The van der Waals surface area contributed by atoms with Gasteiger partial charge in [-0.2, -0.15) is 0 Å². The first-order chi connectivity index (χ1) is 8.03. The van der Waals surface area contributed by atoms with E-state index in [1.54, 1.807) is 0 Å². The third kappa shape index (κ3) is 3.45. The number of hydrogen-bond acceptors (Lipinski definition) is 2. The first kappa shape index (κ1) is 13.4. The Balaban J connectivity index is 1.88. The highest BCUT2D eigenvalue weighted by Gasteiger charge is 2.36. The molecule has 0 amide bonds. The molecule has 2 aliphatic rings. The second-order valence-corrected chi connectivity index (χ2v) is 6.86. The fraction of sp³-hybridized carbons (Fsp3) is 1.00. The molecule has 2 fully saturated rings. The van der Waals surface area contributed by atoms with Crippen LogP contribution in [0.2, 0.25) is 0 Å². The molecule has 1 aliphatic carbocycles. The van der Waals surface area contributed by atoms with Crippen LogP contribution in [0.5, 0.6) is 0 Å². The Morgan fingerprint density at radius 2 is 2.06 bits per heavy atom. The van der Waals surface area contributed by atoms with E-state index in [1.165, 1.54) is 38.8 Å². The van der Waals surface area contributed by atoms with Crippen molar-refractivity contribution in [1.29, 1.82) is 0 Å². The Kier molecular flexibility index (Phi) is 4.14. The summed E-state index contributed by atoms with van der Waals surface area (Å²) in [6.07, 6.45) is 5.69. The summed E-state index contributed by atoms with van der Waals surface area (Å²) in [6.45, 7) is 13.2. The van der Waals surface area contributed by atoms with Gasteiger partial charge in [0.15, 0.2) is 0 Å². The van der Waals surface area contributed by atoms with E-state index in [0.29, 0.717) is 11.6 Å². The molecule has 1 aliphatic heterocycles. The van der Waals surface area contributed by atoms with Crippen molar-refractivity contribution in [2.45, 2.75) is 65.0 Å². The average molecular weight is 238 g/mol. The molecule has 0 aromatic carbocycles. The lowest BCUT2D eigenvalue weighted by Gasteiger charge is -2.47. The molecular formula is C15H30N2. The maximum absolute atomic E-state index is 3.75. The zero-order valence-electron chi connectivity index (χ0n) is 12.1. The van der Waals surface area contributed by atoms with Gasteiger partial charge in [0.1, 0.15) is 0 Å². The Labute approximate surface area is 107 Å². The maximum atomic E-state index is 3.75. The fourth-order valence-corrected chi connectivity index (χ4v) is 2.85. The zero-order valence-corrected chi connectivity index (χ0v) is 12.1. The average Bonchev–Trinajstić information content (AvgIpc) is 3.10. The van der Waals surface area contributed by atoms with Crippen molar-refractivity contribution in [2.24, 2.45) is 11.8 Å². The predicted molar refractivity (Wildman–Crippen MR) is 74.2 cm³/mol. The van der Waals surface area contributed by atoms with Crippen LogP contribution < -0.4 is 5.32 Å². The molecule has 2 nitrogen and oxygen atoms in total. The summed E-state index contributed by atoms with van der Waals surface area (Å²) in [5.74, 6) is 1.86. The molecule has 0 aromatic heterocycles. The molecule has 17 heavy (non-hydrogen) atoms. The maximum Gasteiger partial charge on any atom is 0.0278 e. The molecule has 1 saturated carbocycles. The number of nitrogens with one attached hydrogen (secondary N) is 1. The van der Waals surface area contributed by atoms with Gasteiger partial charge in [0.05, 0.1) is 0 Å². The monoisotopic (exact) mass is 238 g/mol. The van der Waals surface area contributed by atoms with E-state index >= 15 is 0 Å². The van der Waals surface area contributed by atoms with Gasteiger partial charge >= 0.3 is 0 Å². The Bertz CT molecular complexity index is 245. The Hall–Kier alpha value is -0.0800. The van der Waals surface area contributed by atoms with E-state index in [-0.39, 0.29) is 0 Å². The first-order valence-electron chi connectivity index (χ1n) is 7.51. The van der Waals surface area contributed by atoms with Gasteiger partial charge in [-0.05, 0) is 38.6 Å². The molecule has 100 valence electrons. The van der Waals surface area contributed by atoms with Crippen LogP contribution in [0.3, 0.4) is 0 Å². The van der Waals surface area contributed by atoms with E-state index < -0.39 is 0 Å². The van der Waals surface area contributed by atoms with Crippen molar-refractivity contribution in [2.75, 3.05) is 19.6 Å². The standard InChI is InChI=1S/C15H30N2/c1-5-12(2)14-10-17(9-8-13-6-7-13)15(3,4)11-16-14/h12-14,16H,5-11H2,1-4H3. The normalized spacial score (nSPS) is 31.4. The second kappa shape index (κ2) is 5.27. The summed E-state index contributed by atoms with van der Waals surface area (Å²) in [4.78, 5) is 2.73. The van der Waals surface area contributed by atoms with Crippen LogP contribution in [-0.4, -0.2) is 36.1 Å². The summed E-state index contributed by atoms with van der Waals surface area (Å²) in [5, 5.41) is 3.75. The van der Waals surface area contributed by atoms with E-state index in [4.69, 9.17) is 0 Å². The van der Waals surface area contributed by atoms with E-state index in [2.05, 4.69) is 37.9 Å². The Morgan fingerprint density at radius 1 is 1.35 bits per heavy atom. The predicted octanol–water partition coefficient (Wildman–Crippen LogP) is 2.89. The van der Waals surface area contributed by atoms with Crippen molar-refractivity contribution in [3.05, 3.63) is 0 Å². The van der Waals surface area contributed by atoms with Gasteiger partial charge in [-0.3, -0.25) is 4.90 Å². The molecule has 2 rings (SSSR count). The molecule has 0 aromatic rings. The lowest BCUT2D eigenvalue weighted by Crippen LogP contribution is -2.63. The molecule has 1 heterocycles. The summed E-state index contributed by atoms with van der Waals surface area (Å²) in [6, 6.07) is 0.701. The van der Waals surface area contributed by atoms with Gasteiger partial charge in [-0.15, -0.1) is 0 Å². The van der Waals surface area contributed by atoms with Crippen LogP contribution in [0.4, 0.5) is 0 Å². The highest BCUT2D eigenvalue weighted by Crippen LogP contribution is 2.33. The molecule has 1 saturated heterocycles. The van der Waals surface area contributed by atoms with E-state index in [0.717, 1.165) is 18.4 Å². The van der Waals surface area contributed by atoms with Gasteiger partial charge in [-0.1, -0.05) is 33.1 Å². The lowest BCUT2D eigenvalue weighted by molar-refractivity contribution is 0.0497. The molecule has 2 atom stereocenters. The molecule has 1 N–H and O–H groups in total. The quantitative estimate of drug-likeness (QED) is 0.792. The van der Waals surface area contributed by atoms with Crippen molar-refractivity contribution in [3.63, 3.8) is 0 Å². The fourth-order valence-electron chi connectivity index (χ4n) is 2.85. The van der Waals surface area contributed by atoms with E-state index in [1.807, 2.05) is 0 Å². The molecule has 0 spiro atoms. The molecular weight excluding hydrogens is 208 g/mol. The SMILES string of the molecule is CCC(C)C1CN(CCC2CC2)C(C)(C)CN1. The van der Waals surface area contributed by atoms with E-state index in [9.17, 15) is 0 Å². The van der Waals surface area contributed by atoms with Crippen LogP contribution in [0.1, 0.15) is 53.4 Å². The third-order valence-corrected chi connectivity index (χ3v) is 4.91. The highest BCUT2D eigenvalue weighted by molar-refractivity contribution is 4.94. The summed E-state index contributed by atoms with van der Waals surface area (Å²) < 4.78 is 0. The highest BCUT2D eigenvalue weighted by atomic mass is 15.3. The minimum Gasteiger partial charge on any atom is -0.311 e. The summed E-state index contributed by atoms with van der Waals surface area (Å²) >= 11 is 0. The first-order valence-corrected chi connectivity index (χ1v) is 7.51. The van der Waals surface area contributed by atoms with Gasteiger partial charge in [0.2, 0.25) is 0 Å². The van der Waals surface area contributed by atoms with Gasteiger partial charge in [0, 0.05) is 24.7 Å². The van der Waals surface area contributed by atoms with Crippen LogP contribution in [-0.2, 0) is 0 Å². The largest absolute Gasteiger partial charge is 0.311 e. The minimum atomic E-state index is 0.346. The summed E-state index contributed by atoms with van der Waals surface area (Å²) in [7, 11) is 0. The van der Waals surface area contributed by atoms with Crippen LogP contribution in [0, 0.1) is 11.8 Å². The molecule has 2 heteroatoms.